The lowest BCUT2D eigenvalue weighted by molar-refractivity contribution is -0.123. The van der Waals surface area contributed by atoms with Gasteiger partial charge in [0.05, 0.1) is 11.7 Å². The van der Waals surface area contributed by atoms with Crippen molar-refractivity contribution in [3.63, 3.8) is 0 Å². The second-order valence-corrected chi connectivity index (χ2v) is 4.81. The lowest BCUT2D eigenvalue weighted by Crippen LogP contribution is -2.41. The van der Waals surface area contributed by atoms with Crippen molar-refractivity contribution in [3.05, 3.63) is 24.0 Å². The van der Waals surface area contributed by atoms with Gasteiger partial charge in [0.15, 0.2) is 0 Å². The Balaban J connectivity index is 2.57. The van der Waals surface area contributed by atoms with Crippen LogP contribution in [0.25, 0.3) is 0 Å². The lowest BCUT2D eigenvalue weighted by Gasteiger charge is -2.23. The Morgan fingerprint density at radius 1 is 1.43 bits per heavy atom. The molecule has 2 amide bonds. The van der Waals surface area contributed by atoms with E-state index in [0.29, 0.717) is 18.7 Å². The summed E-state index contributed by atoms with van der Waals surface area (Å²) in [6, 6.07) is 3.58. The highest BCUT2D eigenvalue weighted by atomic mass is 19.1. The molecule has 4 N–H and O–H groups in total. The molecule has 0 spiro atoms. The van der Waals surface area contributed by atoms with E-state index in [1.165, 1.54) is 18.2 Å². The van der Waals surface area contributed by atoms with E-state index < -0.39 is 11.9 Å². The fourth-order valence-corrected chi connectivity index (χ4v) is 1.66. The van der Waals surface area contributed by atoms with Crippen molar-refractivity contribution < 1.29 is 14.0 Å². The van der Waals surface area contributed by atoms with Crippen molar-refractivity contribution in [2.45, 2.75) is 19.4 Å². The van der Waals surface area contributed by atoms with Gasteiger partial charge >= 0.3 is 0 Å². The smallest absolute Gasteiger partial charge is 0.241 e. The van der Waals surface area contributed by atoms with Crippen molar-refractivity contribution in [1.82, 2.24) is 10.2 Å². The first-order valence-electron chi connectivity index (χ1n) is 6.62. The normalized spacial score (nSPS) is 12.0. The molecule has 0 fully saturated rings. The summed E-state index contributed by atoms with van der Waals surface area (Å²) in [5.41, 5.74) is 5.86. The van der Waals surface area contributed by atoms with Gasteiger partial charge in [-0.3, -0.25) is 14.5 Å². The number of hydrogen-bond donors (Lipinski definition) is 3. The number of benzene rings is 1. The van der Waals surface area contributed by atoms with E-state index in [2.05, 4.69) is 10.6 Å². The molecule has 1 rings (SSSR count). The summed E-state index contributed by atoms with van der Waals surface area (Å²) < 4.78 is 13.0. The van der Waals surface area contributed by atoms with Crippen LogP contribution >= 0.6 is 0 Å². The number of nitrogens with two attached hydrogens (primary N) is 1. The average Bonchev–Trinajstić information content (AvgIpc) is 2.47. The van der Waals surface area contributed by atoms with E-state index in [4.69, 9.17) is 5.73 Å². The number of halogens is 1. The van der Waals surface area contributed by atoms with Crippen LogP contribution in [0.3, 0.4) is 0 Å². The Hall–Kier alpha value is -2.15. The minimum Gasteiger partial charge on any atom is -0.396 e. The summed E-state index contributed by atoms with van der Waals surface area (Å²) in [6.07, 6.45) is 0.314. The first kappa shape index (κ1) is 16.9. The van der Waals surface area contributed by atoms with E-state index in [1.807, 2.05) is 0 Å². The molecule has 0 aromatic heterocycles. The van der Waals surface area contributed by atoms with Crippen LogP contribution in [0, 0.1) is 5.82 Å². The number of rotatable bonds is 6. The number of amides is 2. The van der Waals surface area contributed by atoms with Gasteiger partial charge < -0.3 is 16.4 Å². The highest BCUT2D eigenvalue weighted by Gasteiger charge is 2.18. The summed E-state index contributed by atoms with van der Waals surface area (Å²) in [5, 5.41) is 5.19. The van der Waals surface area contributed by atoms with Crippen LogP contribution in [0.4, 0.5) is 15.8 Å². The highest BCUT2D eigenvalue weighted by Crippen LogP contribution is 2.16. The third-order valence-corrected chi connectivity index (χ3v) is 3.27. The first-order valence-corrected chi connectivity index (χ1v) is 6.62. The van der Waals surface area contributed by atoms with Crippen LogP contribution in [0.1, 0.15) is 13.3 Å². The molecule has 0 heterocycles. The largest absolute Gasteiger partial charge is 0.396 e. The van der Waals surface area contributed by atoms with Crippen LogP contribution in [0.2, 0.25) is 0 Å². The molecule has 0 aliphatic heterocycles. The Morgan fingerprint density at radius 2 is 2.10 bits per heavy atom. The molecule has 0 radical (unpaired) electrons. The summed E-state index contributed by atoms with van der Waals surface area (Å²) in [4.78, 5) is 25.0. The van der Waals surface area contributed by atoms with Gasteiger partial charge in [-0.15, -0.1) is 0 Å². The van der Waals surface area contributed by atoms with E-state index >= 15 is 0 Å². The highest BCUT2D eigenvalue weighted by molar-refractivity contribution is 5.94. The molecule has 1 aromatic rings. The third-order valence-electron chi connectivity index (χ3n) is 3.27. The molecule has 0 aliphatic carbocycles. The standard InChI is InChI=1S/C14H21FN4O2/c1-9(19(3)7-6-13(20)17-2)14(21)18-10-4-5-11(15)12(16)8-10/h4-5,8-9H,6-7,16H2,1-3H3,(H,17,20)(H,18,21). The summed E-state index contributed by atoms with van der Waals surface area (Å²) in [5.74, 6) is -0.857. The summed E-state index contributed by atoms with van der Waals surface area (Å²) in [7, 11) is 3.32. The SMILES string of the molecule is CNC(=O)CCN(C)C(C)C(=O)Nc1ccc(F)c(N)c1. The van der Waals surface area contributed by atoms with Crippen molar-refractivity contribution in [3.8, 4) is 0 Å². The molecule has 0 aliphatic rings. The lowest BCUT2D eigenvalue weighted by atomic mass is 10.2. The van der Waals surface area contributed by atoms with Crippen molar-refractivity contribution >= 4 is 23.2 Å². The molecule has 7 heteroatoms. The average molecular weight is 296 g/mol. The van der Waals surface area contributed by atoms with Gasteiger partial charge in [-0.05, 0) is 32.2 Å². The number of hydrogen-bond acceptors (Lipinski definition) is 4. The number of likely N-dealkylation sites (N-methyl/N-ethyl adjacent to an activating group) is 1. The van der Waals surface area contributed by atoms with Crippen LogP contribution in [0.5, 0.6) is 0 Å². The van der Waals surface area contributed by atoms with Crippen molar-refractivity contribution in [2.24, 2.45) is 0 Å². The molecule has 21 heavy (non-hydrogen) atoms. The zero-order valence-electron chi connectivity index (χ0n) is 12.4. The number of carbonyl (C=O) groups excluding carboxylic acids is 2. The molecule has 0 saturated carbocycles. The molecule has 1 aromatic carbocycles. The van der Waals surface area contributed by atoms with Crippen LogP contribution in [0.15, 0.2) is 18.2 Å². The predicted molar refractivity (Wildman–Crippen MR) is 80.2 cm³/mol. The van der Waals surface area contributed by atoms with Gasteiger partial charge in [0.2, 0.25) is 11.8 Å². The minimum absolute atomic E-state index is 0.0200. The maximum atomic E-state index is 13.0. The van der Waals surface area contributed by atoms with E-state index in [0.717, 1.165) is 0 Å². The molecular weight excluding hydrogens is 275 g/mol. The number of nitrogen functional groups attached to an aromatic ring is 1. The molecule has 0 bridgehead atoms. The minimum atomic E-state index is -0.524. The van der Waals surface area contributed by atoms with Crippen LogP contribution in [-0.4, -0.2) is 43.4 Å². The van der Waals surface area contributed by atoms with Crippen LogP contribution < -0.4 is 16.4 Å². The Labute approximate surface area is 123 Å². The molecule has 0 saturated heterocycles. The summed E-state index contributed by atoms with van der Waals surface area (Å²) in [6.45, 7) is 2.19. The van der Waals surface area contributed by atoms with Gasteiger partial charge in [0, 0.05) is 25.7 Å². The fraction of sp³-hybridized carbons (Fsp3) is 0.429. The van der Waals surface area contributed by atoms with E-state index in [9.17, 15) is 14.0 Å². The third kappa shape index (κ3) is 5.03. The topological polar surface area (TPSA) is 87.5 Å². The molecule has 6 nitrogen and oxygen atoms in total. The quantitative estimate of drug-likeness (QED) is 0.678. The second kappa shape index (κ2) is 7.58. The van der Waals surface area contributed by atoms with Crippen LogP contribution in [-0.2, 0) is 9.59 Å². The molecular formula is C14H21FN4O2. The van der Waals surface area contributed by atoms with Gasteiger partial charge in [-0.25, -0.2) is 4.39 Å². The summed E-state index contributed by atoms with van der Waals surface area (Å²) >= 11 is 0. The number of carbonyl (C=O) groups is 2. The van der Waals surface area contributed by atoms with Gasteiger partial charge in [-0.1, -0.05) is 0 Å². The maximum absolute atomic E-state index is 13.0. The monoisotopic (exact) mass is 296 g/mol. The zero-order chi connectivity index (χ0) is 16.0. The molecule has 116 valence electrons. The Bertz CT molecular complexity index is 522. The van der Waals surface area contributed by atoms with Gasteiger partial charge in [0.25, 0.3) is 0 Å². The Kier molecular flexibility index (Phi) is 6.10. The Morgan fingerprint density at radius 3 is 2.67 bits per heavy atom. The van der Waals surface area contributed by atoms with Crippen molar-refractivity contribution in [2.75, 3.05) is 31.7 Å². The molecule has 1 atom stereocenters. The maximum Gasteiger partial charge on any atom is 0.241 e. The first-order chi connectivity index (χ1) is 9.85. The second-order valence-electron chi connectivity index (χ2n) is 4.81. The zero-order valence-corrected chi connectivity index (χ0v) is 12.4. The molecule has 1 unspecified atom stereocenters. The number of anilines is 2. The predicted octanol–water partition coefficient (Wildman–Crippen LogP) is 0.803. The number of nitrogens with zero attached hydrogens (tertiary/aromatic N) is 1. The van der Waals surface area contributed by atoms with Gasteiger partial charge in [0.1, 0.15) is 5.82 Å². The van der Waals surface area contributed by atoms with E-state index in [1.54, 1.807) is 25.9 Å². The van der Waals surface area contributed by atoms with E-state index in [-0.39, 0.29) is 17.5 Å². The number of nitrogens with one attached hydrogen (secondary N) is 2. The van der Waals surface area contributed by atoms with Crippen molar-refractivity contribution in [1.29, 1.82) is 0 Å². The van der Waals surface area contributed by atoms with Gasteiger partial charge in [-0.2, -0.15) is 0 Å². The fourth-order valence-electron chi connectivity index (χ4n) is 1.66.